The van der Waals surface area contributed by atoms with Gasteiger partial charge in [-0.15, -0.1) is 0 Å². The van der Waals surface area contributed by atoms with Crippen molar-refractivity contribution in [3.05, 3.63) is 35.4 Å². The first-order valence-corrected chi connectivity index (χ1v) is 8.43. The van der Waals surface area contributed by atoms with Crippen LogP contribution < -0.4 is 11.1 Å². The van der Waals surface area contributed by atoms with E-state index in [4.69, 9.17) is 16.2 Å². The molecule has 5 N–H and O–H groups in total. The number of carbonyl (C=O) groups excluding carboxylic acids is 1. The van der Waals surface area contributed by atoms with Gasteiger partial charge in [0.2, 0.25) is 0 Å². The monoisotopic (exact) mass is 319 g/mol. The molecule has 1 atom stereocenters. The van der Waals surface area contributed by atoms with E-state index in [0.29, 0.717) is 5.56 Å². The van der Waals surface area contributed by atoms with E-state index in [2.05, 4.69) is 12.2 Å². The molecule has 5 nitrogen and oxygen atoms in total. The third-order valence-electron chi connectivity index (χ3n) is 3.90. The van der Waals surface area contributed by atoms with Crippen molar-refractivity contribution in [3.63, 3.8) is 0 Å². The Morgan fingerprint density at radius 3 is 2.35 bits per heavy atom. The van der Waals surface area contributed by atoms with Crippen LogP contribution >= 0.6 is 0 Å². The number of unbranched alkanes of at least 4 members (excludes halogenated alkanes) is 5. The number of aliphatic hydroxyl groups excluding tert-OH is 1. The number of amides is 1. The Labute approximate surface area is 138 Å². The quantitative estimate of drug-likeness (QED) is 0.286. The van der Waals surface area contributed by atoms with Crippen molar-refractivity contribution < 1.29 is 9.90 Å². The Balaban J connectivity index is 2.40. The molecule has 1 aromatic carbocycles. The molecule has 1 aromatic rings. The molecule has 1 amide bonds. The normalized spacial score (nSPS) is 11.9. The second-order valence-electron chi connectivity index (χ2n) is 5.88. The lowest BCUT2D eigenvalue weighted by molar-refractivity contribution is 0.0933. The summed E-state index contributed by atoms with van der Waals surface area (Å²) in [6, 6.07) is 6.64. The molecule has 0 heterocycles. The standard InChI is InChI=1S/C18H29N3O2/c1-2-3-4-5-6-7-8-14-9-11-15(12-10-14)18(23)21-16(13-22)17(19)20/h9-12,16,22H,2-8,13H2,1H3,(H3,19,20)(H,21,23)/t16-/m1/s1. The number of nitrogens with one attached hydrogen (secondary N) is 2. The summed E-state index contributed by atoms with van der Waals surface area (Å²) in [4.78, 5) is 12.0. The number of amidine groups is 1. The number of rotatable bonds is 11. The molecule has 0 fully saturated rings. The van der Waals surface area contributed by atoms with Crippen molar-refractivity contribution in [2.24, 2.45) is 5.73 Å². The third-order valence-corrected chi connectivity index (χ3v) is 3.90. The summed E-state index contributed by atoms with van der Waals surface area (Å²) in [5.74, 6) is -0.578. The SMILES string of the molecule is CCCCCCCCc1ccc(C(=O)N[C@H](CO)C(=N)N)cc1. The maximum absolute atomic E-state index is 12.0. The summed E-state index contributed by atoms with van der Waals surface area (Å²) < 4.78 is 0. The van der Waals surface area contributed by atoms with Gasteiger partial charge in [-0.1, -0.05) is 51.2 Å². The Hall–Kier alpha value is -1.88. The van der Waals surface area contributed by atoms with E-state index in [0.717, 1.165) is 6.42 Å². The Bertz CT molecular complexity index is 486. The molecule has 0 aliphatic rings. The second-order valence-corrected chi connectivity index (χ2v) is 5.88. The zero-order valence-electron chi connectivity index (χ0n) is 14.0. The lowest BCUT2D eigenvalue weighted by Crippen LogP contribution is -2.46. The molecular weight excluding hydrogens is 290 g/mol. The minimum Gasteiger partial charge on any atom is -0.394 e. The Morgan fingerprint density at radius 1 is 1.17 bits per heavy atom. The van der Waals surface area contributed by atoms with E-state index in [9.17, 15) is 4.79 Å². The predicted molar refractivity (Wildman–Crippen MR) is 93.8 cm³/mol. The molecule has 0 radical (unpaired) electrons. The van der Waals surface area contributed by atoms with Gasteiger partial charge in [0.25, 0.3) is 5.91 Å². The highest BCUT2D eigenvalue weighted by atomic mass is 16.3. The molecule has 0 saturated carbocycles. The lowest BCUT2D eigenvalue weighted by Gasteiger charge is -2.14. The average Bonchev–Trinajstić information content (AvgIpc) is 2.55. The number of hydrogen-bond donors (Lipinski definition) is 4. The van der Waals surface area contributed by atoms with E-state index >= 15 is 0 Å². The van der Waals surface area contributed by atoms with Gasteiger partial charge in [-0.25, -0.2) is 0 Å². The fourth-order valence-electron chi connectivity index (χ4n) is 2.40. The van der Waals surface area contributed by atoms with Gasteiger partial charge in [-0.05, 0) is 30.5 Å². The van der Waals surface area contributed by atoms with Gasteiger partial charge < -0.3 is 16.2 Å². The van der Waals surface area contributed by atoms with Crippen molar-refractivity contribution in [2.75, 3.05) is 6.61 Å². The average molecular weight is 319 g/mol. The molecule has 0 aliphatic carbocycles. The number of carbonyl (C=O) groups is 1. The highest BCUT2D eigenvalue weighted by Gasteiger charge is 2.15. The molecule has 0 spiro atoms. The summed E-state index contributed by atoms with van der Waals surface area (Å²) in [5, 5.41) is 18.9. The summed E-state index contributed by atoms with van der Waals surface area (Å²) in [6.07, 6.45) is 8.65. The highest BCUT2D eigenvalue weighted by Crippen LogP contribution is 2.11. The lowest BCUT2D eigenvalue weighted by atomic mass is 10.0. The van der Waals surface area contributed by atoms with Crippen LogP contribution in [0.2, 0.25) is 0 Å². The van der Waals surface area contributed by atoms with Crippen LogP contribution in [-0.4, -0.2) is 29.5 Å². The van der Waals surface area contributed by atoms with Gasteiger partial charge in [0.15, 0.2) is 0 Å². The second kappa shape index (κ2) is 10.8. The van der Waals surface area contributed by atoms with Crippen LogP contribution in [0.4, 0.5) is 0 Å². The van der Waals surface area contributed by atoms with Crippen LogP contribution in [0.5, 0.6) is 0 Å². The van der Waals surface area contributed by atoms with Crippen LogP contribution in [0.1, 0.15) is 61.4 Å². The van der Waals surface area contributed by atoms with Gasteiger partial charge in [0.1, 0.15) is 11.9 Å². The third kappa shape index (κ3) is 7.28. The molecule has 0 saturated heterocycles. The van der Waals surface area contributed by atoms with Crippen molar-refractivity contribution >= 4 is 11.7 Å². The molecule has 0 unspecified atom stereocenters. The van der Waals surface area contributed by atoms with Crippen molar-refractivity contribution in [2.45, 2.75) is 57.9 Å². The van der Waals surface area contributed by atoms with Crippen molar-refractivity contribution in [1.82, 2.24) is 5.32 Å². The molecule has 1 rings (SSSR count). The fourth-order valence-corrected chi connectivity index (χ4v) is 2.40. The molecule has 0 aromatic heterocycles. The molecule has 5 heteroatoms. The summed E-state index contributed by atoms with van der Waals surface area (Å²) in [5.41, 5.74) is 7.04. The van der Waals surface area contributed by atoms with Gasteiger partial charge in [0.05, 0.1) is 6.61 Å². The largest absolute Gasteiger partial charge is 0.394 e. The van der Waals surface area contributed by atoms with Crippen LogP contribution in [0.3, 0.4) is 0 Å². The number of aryl methyl sites for hydroxylation is 1. The molecular formula is C18H29N3O2. The molecule has 23 heavy (non-hydrogen) atoms. The minimum absolute atomic E-state index is 0.249. The highest BCUT2D eigenvalue weighted by molar-refractivity contribution is 5.97. The smallest absolute Gasteiger partial charge is 0.251 e. The van der Waals surface area contributed by atoms with Crippen LogP contribution in [-0.2, 0) is 6.42 Å². The first-order chi connectivity index (χ1) is 11.1. The van der Waals surface area contributed by atoms with Gasteiger partial charge in [0, 0.05) is 5.56 Å². The van der Waals surface area contributed by atoms with E-state index in [1.54, 1.807) is 12.1 Å². The van der Waals surface area contributed by atoms with Gasteiger partial charge in [-0.3, -0.25) is 10.2 Å². The number of hydrogen-bond acceptors (Lipinski definition) is 3. The topological polar surface area (TPSA) is 99.2 Å². The van der Waals surface area contributed by atoms with Crippen LogP contribution in [0.15, 0.2) is 24.3 Å². The number of aliphatic hydroxyl groups is 1. The number of nitrogens with two attached hydrogens (primary N) is 1. The summed E-state index contributed by atoms with van der Waals surface area (Å²) in [6.45, 7) is 1.84. The van der Waals surface area contributed by atoms with E-state index in [1.165, 1.54) is 44.1 Å². The Morgan fingerprint density at radius 2 is 1.78 bits per heavy atom. The maximum atomic E-state index is 12.0. The summed E-state index contributed by atoms with van der Waals surface area (Å²) >= 11 is 0. The maximum Gasteiger partial charge on any atom is 0.251 e. The zero-order chi connectivity index (χ0) is 17.1. The fraction of sp³-hybridized carbons (Fsp3) is 0.556. The zero-order valence-corrected chi connectivity index (χ0v) is 14.0. The predicted octanol–water partition coefficient (Wildman–Crippen LogP) is 2.62. The summed E-state index contributed by atoms with van der Waals surface area (Å²) in [7, 11) is 0. The molecule has 128 valence electrons. The van der Waals surface area contributed by atoms with Crippen LogP contribution in [0, 0.1) is 5.41 Å². The number of benzene rings is 1. The van der Waals surface area contributed by atoms with Crippen molar-refractivity contribution in [3.8, 4) is 0 Å². The molecule has 0 aliphatic heterocycles. The van der Waals surface area contributed by atoms with E-state index in [-0.39, 0.29) is 18.3 Å². The molecule has 0 bridgehead atoms. The minimum atomic E-state index is -0.828. The van der Waals surface area contributed by atoms with E-state index in [1.807, 2.05) is 12.1 Å². The van der Waals surface area contributed by atoms with Gasteiger partial charge >= 0.3 is 0 Å². The van der Waals surface area contributed by atoms with E-state index < -0.39 is 6.04 Å². The first kappa shape index (κ1) is 19.2. The van der Waals surface area contributed by atoms with Crippen LogP contribution in [0.25, 0.3) is 0 Å². The van der Waals surface area contributed by atoms with Gasteiger partial charge in [-0.2, -0.15) is 0 Å². The Kier molecular flexibility index (Phi) is 8.98. The first-order valence-electron chi connectivity index (χ1n) is 8.43. The van der Waals surface area contributed by atoms with Crippen molar-refractivity contribution in [1.29, 1.82) is 5.41 Å².